The third-order valence-corrected chi connectivity index (χ3v) is 5.78. The summed E-state index contributed by atoms with van der Waals surface area (Å²) in [5.41, 5.74) is 0. The third kappa shape index (κ3) is 4.13. The Morgan fingerprint density at radius 1 is 1.19 bits per heavy atom. The number of piperidine rings is 1. The number of rotatable bonds is 5. The monoisotopic (exact) mass is 309 g/mol. The third-order valence-electron chi connectivity index (χ3n) is 4.73. The van der Waals surface area contributed by atoms with Crippen LogP contribution in [0.15, 0.2) is 0 Å². The van der Waals surface area contributed by atoms with Gasteiger partial charge in [0.15, 0.2) is 0 Å². The summed E-state index contributed by atoms with van der Waals surface area (Å²) in [7, 11) is 2.04. The average Bonchev–Trinajstić information content (AvgIpc) is 2.98. The molecule has 21 heavy (non-hydrogen) atoms. The van der Waals surface area contributed by atoms with Crippen molar-refractivity contribution in [2.45, 2.75) is 32.1 Å². The van der Waals surface area contributed by atoms with Crippen LogP contribution in [-0.4, -0.2) is 53.4 Å². The van der Waals surface area contributed by atoms with Gasteiger partial charge in [-0.15, -0.1) is 5.10 Å². The van der Waals surface area contributed by atoms with Crippen LogP contribution in [0.2, 0.25) is 0 Å². The molecule has 6 heteroatoms. The maximum Gasteiger partial charge on any atom is 0.244 e. The lowest BCUT2D eigenvalue weighted by molar-refractivity contribution is 0.391. The Kier molecular flexibility index (Phi) is 5.41. The number of thioether (sulfide) groups is 1. The maximum atomic E-state index is 4.74. The van der Waals surface area contributed by atoms with Crippen molar-refractivity contribution in [2.24, 2.45) is 11.8 Å². The van der Waals surface area contributed by atoms with Crippen molar-refractivity contribution in [2.75, 3.05) is 43.1 Å². The molecule has 2 N–H and O–H groups in total. The largest absolute Gasteiger partial charge is 0.340 e. The van der Waals surface area contributed by atoms with Crippen LogP contribution in [0, 0.1) is 11.8 Å². The summed E-state index contributed by atoms with van der Waals surface area (Å²) >= 11 is 2.08. The smallest absolute Gasteiger partial charge is 0.244 e. The fourth-order valence-corrected chi connectivity index (χ4v) is 4.57. The van der Waals surface area contributed by atoms with Crippen LogP contribution in [0.5, 0.6) is 0 Å². The van der Waals surface area contributed by atoms with Crippen LogP contribution in [0.25, 0.3) is 0 Å². The van der Waals surface area contributed by atoms with Crippen molar-refractivity contribution in [3.8, 4) is 0 Å². The molecule has 1 aromatic rings. The van der Waals surface area contributed by atoms with Gasteiger partial charge >= 0.3 is 0 Å². The van der Waals surface area contributed by atoms with Crippen molar-refractivity contribution in [1.82, 2.24) is 20.5 Å². The molecule has 0 aliphatic carbocycles. The van der Waals surface area contributed by atoms with Crippen molar-refractivity contribution in [3.05, 3.63) is 5.82 Å². The number of anilines is 1. The Morgan fingerprint density at radius 3 is 2.67 bits per heavy atom. The molecule has 3 heterocycles. The first kappa shape index (κ1) is 15.2. The van der Waals surface area contributed by atoms with Crippen LogP contribution in [0.4, 0.5) is 5.95 Å². The Hall–Kier alpha value is -0.750. The molecule has 0 saturated carbocycles. The number of hydrogen-bond acceptors (Lipinski definition) is 5. The quantitative estimate of drug-likeness (QED) is 0.870. The molecule has 2 aliphatic heterocycles. The van der Waals surface area contributed by atoms with Crippen molar-refractivity contribution in [1.29, 1.82) is 0 Å². The second-order valence-corrected chi connectivity index (χ2v) is 7.55. The molecule has 0 amide bonds. The van der Waals surface area contributed by atoms with Crippen LogP contribution in [0.1, 0.15) is 31.5 Å². The van der Waals surface area contributed by atoms with Gasteiger partial charge in [0, 0.05) is 19.5 Å². The van der Waals surface area contributed by atoms with Gasteiger partial charge in [0.25, 0.3) is 0 Å². The Morgan fingerprint density at radius 2 is 1.95 bits per heavy atom. The number of hydrogen-bond donors (Lipinski definition) is 2. The molecule has 0 atom stereocenters. The van der Waals surface area contributed by atoms with E-state index in [9.17, 15) is 0 Å². The number of aromatic amines is 1. The van der Waals surface area contributed by atoms with E-state index in [1.165, 1.54) is 37.2 Å². The molecule has 3 rings (SSSR count). The Bertz CT molecular complexity index is 421. The minimum Gasteiger partial charge on any atom is -0.340 e. The molecule has 118 valence electrons. The number of nitrogens with zero attached hydrogens (tertiary/aromatic N) is 3. The lowest BCUT2D eigenvalue weighted by Gasteiger charge is -2.31. The number of H-pyrrole nitrogens is 1. The Balaban J connectivity index is 1.50. The normalized spacial score (nSPS) is 21.9. The molecular weight excluding hydrogens is 282 g/mol. The van der Waals surface area contributed by atoms with Gasteiger partial charge in [-0.05, 0) is 62.6 Å². The first-order valence-electron chi connectivity index (χ1n) is 8.23. The van der Waals surface area contributed by atoms with Crippen LogP contribution >= 0.6 is 11.8 Å². The summed E-state index contributed by atoms with van der Waals surface area (Å²) in [6, 6.07) is 0. The second-order valence-electron chi connectivity index (χ2n) is 6.33. The summed E-state index contributed by atoms with van der Waals surface area (Å²) in [6.45, 7) is 3.31. The van der Waals surface area contributed by atoms with E-state index in [4.69, 9.17) is 4.98 Å². The molecule has 0 radical (unpaired) electrons. The van der Waals surface area contributed by atoms with E-state index in [0.717, 1.165) is 49.7 Å². The summed E-state index contributed by atoms with van der Waals surface area (Å²) in [5.74, 6) is 6.23. The molecule has 1 aromatic heterocycles. The minimum atomic E-state index is 0.799. The van der Waals surface area contributed by atoms with Gasteiger partial charge in [-0.1, -0.05) is 0 Å². The average molecular weight is 309 g/mol. The second kappa shape index (κ2) is 7.49. The minimum absolute atomic E-state index is 0.799. The Labute approximate surface area is 131 Å². The molecule has 2 fully saturated rings. The summed E-state index contributed by atoms with van der Waals surface area (Å²) in [5, 5.41) is 10.9. The highest BCUT2D eigenvalue weighted by Crippen LogP contribution is 2.26. The van der Waals surface area contributed by atoms with E-state index in [1.54, 1.807) is 0 Å². The zero-order chi connectivity index (χ0) is 14.5. The van der Waals surface area contributed by atoms with Crippen molar-refractivity contribution >= 4 is 17.7 Å². The first-order valence-corrected chi connectivity index (χ1v) is 9.39. The van der Waals surface area contributed by atoms with E-state index < -0.39 is 0 Å². The molecule has 2 saturated heterocycles. The van der Waals surface area contributed by atoms with E-state index in [-0.39, 0.29) is 0 Å². The molecule has 5 nitrogen and oxygen atoms in total. The molecule has 0 bridgehead atoms. The van der Waals surface area contributed by atoms with Gasteiger partial charge in [-0.25, -0.2) is 0 Å². The highest BCUT2D eigenvalue weighted by atomic mass is 32.2. The summed E-state index contributed by atoms with van der Waals surface area (Å²) < 4.78 is 0. The fourth-order valence-electron chi connectivity index (χ4n) is 3.37. The van der Waals surface area contributed by atoms with Crippen molar-refractivity contribution in [3.63, 3.8) is 0 Å². The van der Waals surface area contributed by atoms with Crippen LogP contribution in [-0.2, 0) is 6.42 Å². The summed E-state index contributed by atoms with van der Waals surface area (Å²) in [6.07, 6.45) is 6.21. The van der Waals surface area contributed by atoms with Gasteiger partial charge in [-0.3, -0.25) is 5.10 Å². The van der Waals surface area contributed by atoms with Crippen molar-refractivity contribution < 1.29 is 0 Å². The molecule has 0 spiro atoms. The standard InChI is InChI=1S/C15H27N5S/c1-16-11-13-2-6-20(7-3-13)15-17-14(18-19-15)10-12-4-8-21-9-5-12/h12-13,16H,2-11H2,1H3,(H,17,18,19). The fraction of sp³-hybridized carbons (Fsp3) is 0.867. The van der Waals surface area contributed by atoms with E-state index >= 15 is 0 Å². The topological polar surface area (TPSA) is 56.8 Å². The maximum absolute atomic E-state index is 4.74. The van der Waals surface area contributed by atoms with E-state index in [0.29, 0.717) is 0 Å². The molecule has 0 aromatic carbocycles. The predicted molar refractivity (Wildman–Crippen MR) is 89.0 cm³/mol. The van der Waals surface area contributed by atoms with Gasteiger partial charge in [-0.2, -0.15) is 16.7 Å². The van der Waals surface area contributed by atoms with E-state index in [2.05, 4.69) is 32.2 Å². The van der Waals surface area contributed by atoms with Crippen LogP contribution < -0.4 is 10.2 Å². The highest BCUT2D eigenvalue weighted by molar-refractivity contribution is 7.99. The molecule has 2 aliphatic rings. The van der Waals surface area contributed by atoms with Crippen LogP contribution in [0.3, 0.4) is 0 Å². The zero-order valence-corrected chi connectivity index (χ0v) is 13.8. The molecule has 0 unspecified atom stereocenters. The van der Waals surface area contributed by atoms with Gasteiger partial charge < -0.3 is 10.2 Å². The number of nitrogens with one attached hydrogen (secondary N) is 2. The van der Waals surface area contributed by atoms with Gasteiger partial charge in [0.05, 0.1) is 0 Å². The zero-order valence-electron chi connectivity index (χ0n) is 13.0. The predicted octanol–water partition coefficient (Wildman–Crippen LogP) is 1.93. The van der Waals surface area contributed by atoms with Gasteiger partial charge in [0.1, 0.15) is 5.82 Å². The SMILES string of the molecule is CNCC1CCN(c2n[nH]c(CC3CCSCC3)n2)CC1. The van der Waals surface area contributed by atoms with Gasteiger partial charge in [0.2, 0.25) is 5.95 Å². The summed E-state index contributed by atoms with van der Waals surface area (Å²) in [4.78, 5) is 7.07. The lowest BCUT2D eigenvalue weighted by atomic mass is 9.97. The first-order chi connectivity index (χ1) is 10.3. The highest BCUT2D eigenvalue weighted by Gasteiger charge is 2.22. The van der Waals surface area contributed by atoms with E-state index in [1.807, 2.05) is 7.05 Å². The number of aromatic nitrogens is 3. The molecular formula is C15H27N5S. The lowest BCUT2D eigenvalue weighted by Crippen LogP contribution is -2.37.